The van der Waals surface area contributed by atoms with Gasteiger partial charge in [-0.25, -0.2) is 0 Å². The number of hydrogen-bond acceptors (Lipinski definition) is 2. The lowest BCUT2D eigenvalue weighted by Crippen LogP contribution is -2.43. The van der Waals surface area contributed by atoms with Crippen LogP contribution in [-0.4, -0.2) is 18.4 Å². The molecule has 2 rings (SSSR count). The highest BCUT2D eigenvalue weighted by Gasteiger charge is 2.31. The molecule has 2 atom stereocenters. The van der Waals surface area contributed by atoms with E-state index in [0.717, 1.165) is 24.4 Å². The van der Waals surface area contributed by atoms with Gasteiger partial charge in [0, 0.05) is 18.9 Å². The van der Waals surface area contributed by atoms with Crippen LogP contribution >= 0.6 is 0 Å². The summed E-state index contributed by atoms with van der Waals surface area (Å²) in [5.41, 5.74) is 1.48. The average Bonchev–Trinajstić information content (AvgIpc) is 2.39. The molecule has 20 heavy (non-hydrogen) atoms. The van der Waals surface area contributed by atoms with Gasteiger partial charge in [-0.2, -0.15) is 0 Å². The monoisotopic (exact) mass is 273 g/mol. The first-order valence-electron chi connectivity index (χ1n) is 7.74. The Kier molecular flexibility index (Phi) is 4.98. The molecule has 1 saturated heterocycles. The minimum Gasteiger partial charge on any atom is -0.314 e. The van der Waals surface area contributed by atoms with Crippen LogP contribution in [0.4, 0.5) is 0 Å². The summed E-state index contributed by atoms with van der Waals surface area (Å²) in [5.74, 6) is 1.07. The van der Waals surface area contributed by atoms with Crippen molar-refractivity contribution in [1.29, 1.82) is 0 Å². The van der Waals surface area contributed by atoms with E-state index in [9.17, 15) is 4.79 Å². The molecule has 110 valence electrons. The fraction of sp³-hybridized carbons (Fsp3) is 0.611. The van der Waals surface area contributed by atoms with Gasteiger partial charge < -0.3 is 5.32 Å². The van der Waals surface area contributed by atoms with Crippen molar-refractivity contribution in [3.05, 3.63) is 35.9 Å². The molecule has 1 fully saturated rings. The van der Waals surface area contributed by atoms with E-state index in [-0.39, 0.29) is 0 Å². The van der Waals surface area contributed by atoms with Gasteiger partial charge in [0.1, 0.15) is 5.78 Å². The Hall–Kier alpha value is -1.15. The highest BCUT2D eigenvalue weighted by Crippen LogP contribution is 2.34. The third-order valence-corrected chi connectivity index (χ3v) is 4.44. The zero-order valence-corrected chi connectivity index (χ0v) is 13.0. The first-order chi connectivity index (χ1) is 9.45. The Morgan fingerprint density at radius 1 is 1.25 bits per heavy atom. The van der Waals surface area contributed by atoms with E-state index in [4.69, 9.17) is 0 Å². The third-order valence-electron chi connectivity index (χ3n) is 4.44. The standard InChI is InChI=1S/C18H27NO/c1-18(2,3)15-9-10-19-16(12-15)13-17(20)11-14-7-5-4-6-8-14/h4-8,15-16,19H,9-13H2,1-3H3. The number of rotatable bonds is 4. The lowest BCUT2D eigenvalue weighted by atomic mass is 9.73. The second-order valence-electron chi connectivity index (χ2n) is 7.14. The van der Waals surface area contributed by atoms with Crippen molar-refractivity contribution in [2.75, 3.05) is 6.54 Å². The van der Waals surface area contributed by atoms with Crippen LogP contribution in [0, 0.1) is 11.3 Å². The maximum atomic E-state index is 12.2. The van der Waals surface area contributed by atoms with Crippen LogP contribution in [0.1, 0.15) is 45.6 Å². The van der Waals surface area contributed by atoms with Crippen LogP contribution in [0.15, 0.2) is 30.3 Å². The highest BCUT2D eigenvalue weighted by atomic mass is 16.1. The van der Waals surface area contributed by atoms with Crippen LogP contribution in [-0.2, 0) is 11.2 Å². The van der Waals surface area contributed by atoms with Crippen LogP contribution in [0.5, 0.6) is 0 Å². The summed E-state index contributed by atoms with van der Waals surface area (Å²) >= 11 is 0. The number of piperidine rings is 1. The molecule has 1 aromatic carbocycles. The van der Waals surface area contributed by atoms with Crippen LogP contribution in [0.2, 0.25) is 0 Å². The van der Waals surface area contributed by atoms with Gasteiger partial charge in [0.15, 0.2) is 0 Å². The Morgan fingerprint density at radius 2 is 1.95 bits per heavy atom. The van der Waals surface area contributed by atoms with E-state index in [0.29, 0.717) is 30.1 Å². The van der Waals surface area contributed by atoms with E-state index in [2.05, 4.69) is 26.1 Å². The number of ketones is 1. The van der Waals surface area contributed by atoms with Crippen molar-refractivity contribution >= 4 is 5.78 Å². The predicted molar refractivity (Wildman–Crippen MR) is 83.7 cm³/mol. The van der Waals surface area contributed by atoms with Crippen molar-refractivity contribution < 1.29 is 4.79 Å². The number of Topliss-reactive ketones (excluding diaryl/α,β-unsaturated/α-hetero) is 1. The summed E-state index contributed by atoms with van der Waals surface area (Å²) in [6.07, 6.45) is 3.59. The van der Waals surface area contributed by atoms with Crippen LogP contribution < -0.4 is 5.32 Å². The summed E-state index contributed by atoms with van der Waals surface area (Å²) in [7, 11) is 0. The second kappa shape index (κ2) is 6.53. The first-order valence-corrected chi connectivity index (χ1v) is 7.74. The number of carbonyl (C=O) groups is 1. The molecule has 1 heterocycles. The van der Waals surface area contributed by atoms with E-state index >= 15 is 0 Å². The lowest BCUT2D eigenvalue weighted by Gasteiger charge is -2.38. The Morgan fingerprint density at radius 3 is 2.60 bits per heavy atom. The zero-order valence-electron chi connectivity index (χ0n) is 13.0. The Balaban J connectivity index is 1.85. The van der Waals surface area contributed by atoms with Crippen molar-refractivity contribution in [2.24, 2.45) is 11.3 Å². The van der Waals surface area contributed by atoms with E-state index < -0.39 is 0 Å². The fourth-order valence-electron chi connectivity index (χ4n) is 3.12. The predicted octanol–water partition coefficient (Wildman–Crippen LogP) is 3.60. The molecule has 1 N–H and O–H groups in total. The van der Waals surface area contributed by atoms with E-state index in [1.54, 1.807) is 0 Å². The van der Waals surface area contributed by atoms with Gasteiger partial charge in [0.05, 0.1) is 0 Å². The second-order valence-corrected chi connectivity index (χ2v) is 7.14. The van der Waals surface area contributed by atoms with Crippen molar-refractivity contribution in [3.8, 4) is 0 Å². The summed E-state index contributed by atoms with van der Waals surface area (Å²) in [6, 6.07) is 10.4. The fourth-order valence-corrected chi connectivity index (χ4v) is 3.12. The quantitative estimate of drug-likeness (QED) is 0.908. The molecule has 0 aliphatic carbocycles. The van der Waals surface area contributed by atoms with Gasteiger partial charge in [-0.05, 0) is 36.3 Å². The van der Waals surface area contributed by atoms with Crippen molar-refractivity contribution in [2.45, 2.75) is 52.5 Å². The zero-order chi connectivity index (χ0) is 14.6. The normalized spacial score (nSPS) is 23.6. The van der Waals surface area contributed by atoms with Gasteiger partial charge >= 0.3 is 0 Å². The molecule has 2 nitrogen and oxygen atoms in total. The van der Waals surface area contributed by atoms with Gasteiger partial charge in [0.25, 0.3) is 0 Å². The molecule has 0 amide bonds. The topological polar surface area (TPSA) is 29.1 Å². The molecule has 0 aromatic heterocycles. The molecule has 1 aliphatic heterocycles. The molecule has 1 aliphatic rings. The molecule has 0 bridgehead atoms. The van der Waals surface area contributed by atoms with Crippen molar-refractivity contribution in [1.82, 2.24) is 5.32 Å². The van der Waals surface area contributed by atoms with Gasteiger partial charge in [-0.1, -0.05) is 51.1 Å². The summed E-state index contributed by atoms with van der Waals surface area (Å²) < 4.78 is 0. The number of carbonyl (C=O) groups excluding carboxylic acids is 1. The molecule has 0 spiro atoms. The highest BCUT2D eigenvalue weighted by molar-refractivity contribution is 5.81. The van der Waals surface area contributed by atoms with Crippen LogP contribution in [0.25, 0.3) is 0 Å². The summed E-state index contributed by atoms with van der Waals surface area (Å²) in [6.45, 7) is 7.98. The maximum Gasteiger partial charge on any atom is 0.138 e. The van der Waals surface area contributed by atoms with Gasteiger partial charge in [-0.3, -0.25) is 4.79 Å². The molecular weight excluding hydrogens is 246 g/mol. The van der Waals surface area contributed by atoms with Gasteiger partial charge in [0.2, 0.25) is 0 Å². The first kappa shape index (κ1) is 15.2. The van der Waals surface area contributed by atoms with Gasteiger partial charge in [-0.15, -0.1) is 0 Å². The molecule has 2 heteroatoms. The summed E-state index contributed by atoms with van der Waals surface area (Å²) in [5, 5.41) is 3.52. The number of nitrogens with one attached hydrogen (secondary N) is 1. The van der Waals surface area contributed by atoms with Crippen molar-refractivity contribution in [3.63, 3.8) is 0 Å². The lowest BCUT2D eigenvalue weighted by molar-refractivity contribution is -0.119. The summed E-state index contributed by atoms with van der Waals surface area (Å²) in [4.78, 5) is 12.2. The Bertz CT molecular complexity index is 432. The van der Waals surface area contributed by atoms with E-state index in [1.165, 1.54) is 6.42 Å². The molecular formula is C18H27NO. The molecule has 2 unspecified atom stereocenters. The minimum absolute atomic E-state index is 0.350. The number of hydrogen-bond donors (Lipinski definition) is 1. The number of benzene rings is 1. The SMILES string of the molecule is CC(C)(C)C1CCNC(CC(=O)Cc2ccccc2)C1. The largest absolute Gasteiger partial charge is 0.314 e. The Labute approximate surface area is 123 Å². The smallest absolute Gasteiger partial charge is 0.138 e. The van der Waals surface area contributed by atoms with Crippen LogP contribution in [0.3, 0.4) is 0 Å². The molecule has 0 saturated carbocycles. The average molecular weight is 273 g/mol. The minimum atomic E-state index is 0.350. The third kappa shape index (κ3) is 4.45. The maximum absolute atomic E-state index is 12.2. The van der Waals surface area contributed by atoms with E-state index in [1.807, 2.05) is 30.3 Å². The molecule has 1 aromatic rings. The molecule has 0 radical (unpaired) electrons.